The first-order chi connectivity index (χ1) is 20.4. The van der Waals surface area contributed by atoms with Gasteiger partial charge in [0.15, 0.2) is 4.80 Å². The SMILES string of the molecule is CCOC(=O)C1=C(C)N=c2s/c(=C/c3cn(Cc4ccccc4Cl)c4ccccc34)c(=O)n2[C@@H]1c1ccccc1OC. The maximum Gasteiger partial charge on any atom is 0.338 e. The number of halogens is 1. The molecule has 0 radical (unpaired) electrons. The summed E-state index contributed by atoms with van der Waals surface area (Å²) in [6.07, 6.45) is 3.94. The zero-order valence-corrected chi connectivity index (χ0v) is 24.9. The van der Waals surface area contributed by atoms with Crippen LogP contribution in [0.4, 0.5) is 0 Å². The van der Waals surface area contributed by atoms with E-state index in [0.29, 0.717) is 43.5 Å². The Morgan fingerprint density at radius 2 is 1.81 bits per heavy atom. The van der Waals surface area contributed by atoms with Crippen LogP contribution in [0.1, 0.15) is 36.6 Å². The number of thiazole rings is 1. The lowest BCUT2D eigenvalue weighted by Crippen LogP contribution is -2.40. The molecular weight excluding hydrogens is 570 g/mol. The van der Waals surface area contributed by atoms with E-state index in [4.69, 9.17) is 26.1 Å². The van der Waals surface area contributed by atoms with Gasteiger partial charge in [-0.3, -0.25) is 9.36 Å². The van der Waals surface area contributed by atoms with Crippen LogP contribution in [0, 0.1) is 0 Å². The minimum absolute atomic E-state index is 0.205. The summed E-state index contributed by atoms with van der Waals surface area (Å²) >= 11 is 7.77. The monoisotopic (exact) mass is 597 g/mol. The maximum atomic E-state index is 14.2. The molecule has 0 saturated carbocycles. The van der Waals surface area contributed by atoms with Gasteiger partial charge in [-0.2, -0.15) is 0 Å². The first-order valence-corrected chi connectivity index (χ1v) is 14.7. The van der Waals surface area contributed by atoms with Crippen molar-refractivity contribution in [2.45, 2.75) is 26.4 Å². The minimum atomic E-state index is -0.750. The van der Waals surface area contributed by atoms with Gasteiger partial charge in [-0.05, 0) is 43.7 Å². The van der Waals surface area contributed by atoms with Crippen molar-refractivity contribution in [2.75, 3.05) is 13.7 Å². The highest BCUT2D eigenvalue weighted by Crippen LogP contribution is 2.35. The van der Waals surface area contributed by atoms with Gasteiger partial charge in [-0.15, -0.1) is 0 Å². The second-order valence-electron chi connectivity index (χ2n) is 9.87. The first-order valence-electron chi connectivity index (χ1n) is 13.5. The van der Waals surface area contributed by atoms with Crippen LogP contribution in [0.3, 0.4) is 0 Å². The van der Waals surface area contributed by atoms with E-state index in [2.05, 4.69) is 10.6 Å². The van der Waals surface area contributed by atoms with Gasteiger partial charge in [0.2, 0.25) is 0 Å². The molecular formula is C33H28ClN3O4S. The predicted molar refractivity (Wildman–Crippen MR) is 166 cm³/mol. The number of allylic oxidation sites excluding steroid dienone is 1. The van der Waals surface area contributed by atoms with E-state index in [-0.39, 0.29) is 12.2 Å². The van der Waals surface area contributed by atoms with Crippen molar-refractivity contribution in [1.82, 2.24) is 9.13 Å². The van der Waals surface area contributed by atoms with E-state index in [1.807, 2.05) is 79.0 Å². The van der Waals surface area contributed by atoms with E-state index in [9.17, 15) is 9.59 Å². The molecule has 2 aromatic heterocycles. The Kier molecular flexibility index (Phi) is 7.58. The van der Waals surface area contributed by atoms with Gasteiger partial charge in [-0.25, -0.2) is 9.79 Å². The number of esters is 1. The van der Waals surface area contributed by atoms with Gasteiger partial charge in [0.25, 0.3) is 5.56 Å². The normalized spacial score (nSPS) is 15.0. The van der Waals surface area contributed by atoms with Gasteiger partial charge in [0.05, 0.1) is 29.5 Å². The van der Waals surface area contributed by atoms with Crippen LogP contribution < -0.4 is 19.6 Å². The predicted octanol–water partition coefficient (Wildman–Crippen LogP) is 5.46. The Balaban J connectivity index is 1.54. The van der Waals surface area contributed by atoms with Crippen LogP contribution in [0.25, 0.3) is 17.0 Å². The Bertz CT molecular complexity index is 2050. The molecule has 3 heterocycles. The van der Waals surface area contributed by atoms with Crippen molar-refractivity contribution in [3.05, 3.63) is 132 Å². The number of hydrogen-bond donors (Lipinski definition) is 0. The number of ether oxygens (including phenoxy) is 2. The molecule has 1 atom stereocenters. The Morgan fingerprint density at radius 3 is 2.60 bits per heavy atom. The van der Waals surface area contributed by atoms with E-state index in [1.165, 1.54) is 11.3 Å². The highest BCUT2D eigenvalue weighted by Gasteiger charge is 2.35. The molecule has 0 saturated heterocycles. The van der Waals surface area contributed by atoms with Gasteiger partial charge < -0.3 is 14.0 Å². The van der Waals surface area contributed by atoms with Crippen molar-refractivity contribution in [2.24, 2.45) is 4.99 Å². The number of rotatable bonds is 7. The summed E-state index contributed by atoms with van der Waals surface area (Å²) in [4.78, 5) is 32.6. The molecule has 7 nitrogen and oxygen atoms in total. The number of aromatic nitrogens is 2. The molecule has 42 heavy (non-hydrogen) atoms. The van der Waals surface area contributed by atoms with Crippen molar-refractivity contribution >= 4 is 45.9 Å². The third-order valence-electron chi connectivity index (χ3n) is 7.36. The molecule has 0 bridgehead atoms. The third-order valence-corrected chi connectivity index (χ3v) is 8.71. The molecule has 212 valence electrons. The number of benzene rings is 3. The summed E-state index contributed by atoms with van der Waals surface area (Å²) in [5.41, 5.74) is 4.20. The molecule has 0 N–H and O–H groups in total. The van der Waals surface area contributed by atoms with E-state index in [1.54, 1.807) is 25.5 Å². The maximum absolute atomic E-state index is 14.2. The number of para-hydroxylation sites is 2. The summed E-state index contributed by atoms with van der Waals surface area (Å²) < 4.78 is 15.3. The lowest BCUT2D eigenvalue weighted by atomic mass is 9.95. The lowest BCUT2D eigenvalue weighted by molar-refractivity contribution is -0.139. The standard InChI is InChI=1S/C33H28ClN3O4S/c1-4-41-32(39)29-20(2)35-33-37(30(29)24-13-7-10-16-27(24)40-3)31(38)28(42-33)17-22-19-36(26-15-9-6-12-23(22)26)18-21-11-5-8-14-25(21)34/h5-17,19,30H,4,18H2,1-3H3/b28-17+/t30-/m1/s1. The molecule has 1 aliphatic heterocycles. The van der Waals surface area contributed by atoms with Crippen LogP contribution in [0.2, 0.25) is 5.02 Å². The van der Waals surface area contributed by atoms with Gasteiger partial charge in [0, 0.05) is 39.8 Å². The van der Waals surface area contributed by atoms with Gasteiger partial charge in [0.1, 0.15) is 11.8 Å². The third kappa shape index (κ3) is 4.86. The summed E-state index contributed by atoms with van der Waals surface area (Å²) in [5, 5.41) is 1.72. The number of nitrogens with zero attached hydrogens (tertiary/aromatic N) is 3. The summed E-state index contributed by atoms with van der Waals surface area (Å²) in [6.45, 7) is 4.32. The number of carbonyl (C=O) groups is 1. The van der Waals surface area contributed by atoms with E-state index >= 15 is 0 Å². The van der Waals surface area contributed by atoms with Gasteiger partial charge >= 0.3 is 5.97 Å². The van der Waals surface area contributed by atoms with E-state index < -0.39 is 12.0 Å². The van der Waals surface area contributed by atoms with Crippen LogP contribution in [0.5, 0.6) is 5.75 Å². The van der Waals surface area contributed by atoms with Crippen molar-refractivity contribution in [3.63, 3.8) is 0 Å². The number of hydrogen-bond acceptors (Lipinski definition) is 6. The topological polar surface area (TPSA) is 74.8 Å². The minimum Gasteiger partial charge on any atom is -0.496 e. The summed E-state index contributed by atoms with van der Waals surface area (Å²) in [6, 6.07) is 22.5. The van der Waals surface area contributed by atoms with Crippen LogP contribution in [-0.2, 0) is 16.1 Å². The largest absolute Gasteiger partial charge is 0.496 e. The fraction of sp³-hybridized carbons (Fsp3) is 0.182. The molecule has 1 aliphatic rings. The van der Waals surface area contributed by atoms with Crippen molar-refractivity contribution in [1.29, 1.82) is 0 Å². The molecule has 0 spiro atoms. The zero-order valence-electron chi connectivity index (χ0n) is 23.3. The highest BCUT2D eigenvalue weighted by molar-refractivity contribution is 7.07. The molecule has 3 aromatic carbocycles. The average molecular weight is 598 g/mol. The molecule has 0 amide bonds. The van der Waals surface area contributed by atoms with Crippen molar-refractivity contribution < 1.29 is 14.3 Å². The quantitative estimate of drug-likeness (QED) is 0.233. The Morgan fingerprint density at radius 1 is 1.07 bits per heavy atom. The molecule has 0 aliphatic carbocycles. The lowest BCUT2D eigenvalue weighted by Gasteiger charge is -2.25. The van der Waals surface area contributed by atoms with E-state index in [0.717, 1.165) is 22.0 Å². The van der Waals surface area contributed by atoms with Crippen molar-refractivity contribution in [3.8, 4) is 5.75 Å². The number of fused-ring (bicyclic) bond motifs is 2. The first kappa shape index (κ1) is 27.8. The average Bonchev–Trinajstić information content (AvgIpc) is 3.49. The fourth-order valence-corrected chi connectivity index (χ4v) is 6.68. The molecule has 5 aromatic rings. The second kappa shape index (κ2) is 11.5. The van der Waals surface area contributed by atoms with Crippen LogP contribution in [0.15, 0.2) is 100 Å². The Labute approximate surface area is 251 Å². The second-order valence-corrected chi connectivity index (χ2v) is 11.3. The highest BCUT2D eigenvalue weighted by atomic mass is 35.5. The molecule has 9 heteroatoms. The number of methoxy groups -OCH3 is 1. The Hall–Kier alpha value is -4.40. The summed E-state index contributed by atoms with van der Waals surface area (Å²) in [7, 11) is 1.57. The molecule has 0 unspecified atom stereocenters. The fourth-order valence-electron chi connectivity index (χ4n) is 5.45. The van der Waals surface area contributed by atoms with Crippen LogP contribution in [-0.4, -0.2) is 28.8 Å². The smallest absolute Gasteiger partial charge is 0.338 e. The summed E-state index contributed by atoms with van der Waals surface area (Å²) in [5.74, 6) is 0.0581. The molecule has 6 rings (SSSR count). The molecule has 0 fully saturated rings. The van der Waals surface area contributed by atoms with Crippen LogP contribution >= 0.6 is 22.9 Å². The van der Waals surface area contributed by atoms with Gasteiger partial charge in [-0.1, -0.05) is 77.5 Å². The number of carbonyl (C=O) groups excluding carboxylic acids is 1. The zero-order chi connectivity index (χ0) is 29.4.